The van der Waals surface area contributed by atoms with Crippen molar-refractivity contribution in [1.29, 1.82) is 0 Å². The molecule has 1 aliphatic heterocycles. The lowest BCUT2D eigenvalue weighted by Gasteiger charge is -2.31. The maximum absolute atomic E-state index is 13.0. The highest BCUT2D eigenvalue weighted by molar-refractivity contribution is 6.32. The first-order valence-corrected chi connectivity index (χ1v) is 6.54. The molecule has 0 fully saturated rings. The van der Waals surface area contributed by atoms with E-state index in [2.05, 4.69) is 9.84 Å². The summed E-state index contributed by atoms with van der Waals surface area (Å²) in [6.07, 6.45) is -4.50. The Labute approximate surface area is 119 Å². The van der Waals surface area contributed by atoms with Crippen molar-refractivity contribution in [3.63, 3.8) is 0 Å². The van der Waals surface area contributed by atoms with Crippen LogP contribution >= 0.6 is 0 Å². The molecule has 0 saturated heterocycles. The first-order chi connectivity index (χ1) is 9.67. The van der Waals surface area contributed by atoms with Gasteiger partial charge in [0.1, 0.15) is 0 Å². The number of unbranched alkanes of at least 4 members (excludes halogenated alkanes) is 1. The van der Waals surface area contributed by atoms with Crippen LogP contribution in [0.2, 0.25) is 0 Å². The van der Waals surface area contributed by atoms with E-state index in [-0.39, 0.29) is 23.7 Å². The van der Waals surface area contributed by atoms with Crippen LogP contribution in [0.1, 0.15) is 39.5 Å². The van der Waals surface area contributed by atoms with Crippen LogP contribution in [0, 0.1) is 0 Å². The molecule has 21 heavy (non-hydrogen) atoms. The zero-order valence-electron chi connectivity index (χ0n) is 11.7. The molecule has 0 aromatic carbocycles. The predicted octanol–water partition coefficient (Wildman–Crippen LogP) is 1.58. The highest BCUT2D eigenvalue weighted by Crippen LogP contribution is 2.41. The largest absolute Gasteiger partial charge is 0.459 e. The molecule has 6 nitrogen and oxygen atoms in total. The molecule has 1 heterocycles. The van der Waals surface area contributed by atoms with Gasteiger partial charge in [0.25, 0.3) is 5.72 Å². The second-order valence-electron chi connectivity index (χ2n) is 4.60. The Morgan fingerprint density at radius 2 is 2.05 bits per heavy atom. The average Bonchev–Trinajstić information content (AvgIpc) is 2.74. The molecule has 9 heteroatoms. The molecule has 0 aromatic rings. The molecule has 1 aliphatic rings. The molecule has 1 atom stereocenters. The van der Waals surface area contributed by atoms with Crippen LogP contribution in [0.25, 0.3) is 0 Å². The number of nitrogens with zero attached hydrogens (tertiary/aromatic N) is 2. The fourth-order valence-corrected chi connectivity index (χ4v) is 1.85. The first kappa shape index (κ1) is 17.4. The Morgan fingerprint density at radius 3 is 2.52 bits per heavy atom. The molecule has 1 N–H and O–H groups in total. The molecule has 0 bridgehead atoms. The van der Waals surface area contributed by atoms with E-state index in [1.165, 1.54) is 6.92 Å². The molecular formula is C12H17F3N2O4. The standard InChI is InChI=1S/C12H17F3N2O4/c1-3-5-6-8-7-11(20,12(13,14)15)17(16-8)9(18)10(19)21-4-2/h20H,3-7H2,1-2H3/t11-/m0/s1. The summed E-state index contributed by atoms with van der Waals surface area (Å²) in [6, 6.07) is 0. The van der Waals surface area contributed by atoms with Gasteiger partial charge < -0.3 is 9.84 Å². The number of esters is 1. The summed E-state index contributed by atoms with van der Waals surface area (Å²) in [4.78, 5) is 23.0. The molecule has 120 valence electrons. The lowest BCUT2D eigenvalue weighted by molar-refractivity contribution is -0.302. The van der Waals surface area contributed by atoms with E-state index in [9.17, 15) is 27.9 Å². The maximum atomic E-state index is 13.0. The molecule has 0 radical (unpaired) electrons. The van der Waals surface area contributed by atoms with Crippen LogP contribution in [0.3, 0.4) is 0 Å². The highest BCUT2D eigenvalue weighted by Gasteiger charge is 2.63. The Kier molecular flexibility index (Phi) is 5.32. The molecule has 1 rings (SSSR count). The van der Waals surface area contributed by atoms with Crippen LogP contribution < -0.4 is 0 Å². The molecule has 0 unspecified atom stereocenters. The molecule has 0 aliphatic carbocycles. The van der Waals surface area contributed by atoms with Crippen molar-refractivity contribution < 1.29 is 32.6 Å². The van der Waals surface area contributed by atoms with E-state index >= 15 is 0 Å². The van der Waals surface area contributed by atoms with Gasteiger partial charge in [0.2, 0.25) is 0 Å². The number of carbonyl (C=O) groups is 2. The van der Waals surface area contributed by atoms with Crippen molar-refractivity contribution in [3.8, 4) is 0 Å². The van der Waals surface area contributed by atoms with Gasteiger partial charge in [0, 0.05) is 12.1 Å². The third-order valence-electron chi connectivity index (χ3n) is 2.96. The molecule has 0 aromatic heterocycles. The van der Waals surface area contributed by atoms with Crippen molar-refractivity contribution in [2.45, 2.75) is 51.4 Å². The van der Waals surface area contributed by atoms with Crippen LogP contribution in [0.15, 0.2) is 5.10 Å². The molecule has 1 amide bonds. The topological polar surface area (TPSA) is 79.2 Å². The van der Waals surface area contributed by atoms with Crippen LogP contribution in [-0.4, -0.2) is 46.2 Å². The quantitative estimate of drug-likeness (QED) is 0.631. The van der Waals surface area contributed by atoms with Gasteiger partial charge in [0.15, 0.2) is 0 Å². The van der Waals surface area contributed by atoms with Crippen LogP contribution in [0.4, 0.5) is 13.2 Å². The fraction of sp³-hybridized carbons (Fsp3) is 0.750. The van der Waals surface area contributed by atoms with E-state index in [0.29, 0.717) is 6.42 Å². The van der Waals surface area contributed by atoms with E-state index < -0.39 is 30.2 Å². The summed E-state index contributed by atoms with van der Waals surface area (Å²) in [7, 11) is 0. The van der Waals surface area contributed by atoms with Gasteiger partial charge >= 0.3 is 18.1 Å². The third kappa shape index (κ3) is 3.52. The van der Waals surface area contributed by atoms with E-state index in [4.69, 9.17) is 0 Å². The van der Waals surface area contributed by atoms with Gasteiger partial charge in [-0.05, 0) is 19.8 Å². The second-order valence-corrected chi connectivity index (χ2v) is 4.60. The number of amides is 1. The zero-order valence-corrected chi connectivity index (χ0v) is 11.7. The number of ether oxygens (including phenoxy) is 1. The number of hydrazone groups is 1. The van der Waals surface area contributed by atoms with E-state index in [1.54, 1.807) is 0 Å². The van der Waals surface area contributed by atoms with Crippen LogP contribution in [-0.2, 0) is 14.3 Å². The SMILES string of the molecule is CCCCC1=NN(C(=O)C(=O)OCC)[C@@](O)(C(F)(F)F)C1. The van der Waals surface area contributed by atoms with Crippen molar-refractivity contribution in [1.82, 2.24) is 5.01 Å². The van der Waals surface area contributed by atoms with Crippen molar-refractivity contribution in [2.24, 2.45) is 5.10 Å². The van der Waals surface area contributed by atoms with Crippen molar-refractivity contribution in [3.05, 3.63) is 0 Å². The number of aliphatic hydroxyl groups is 1. The number of carbonyl (C=O) groups excluding carboxylic acids is 2. The first-order valence-electron chi connectivity index (χ1n) is 6.54. The third-order valence-corrected chi connectivity index (χ3v) is 2.96. The number of hydrogen-bond donors (Lipinski definition) is 1. The Balaban J connectivity index is 3.05. The molecule has 0 saturated carbocycles. The smallest absolute Gasteiger partial charge is 0.438 e. The molecule has 0 spiro atoms. The number of halogens is 3. The lowest BCUT2D eigenvalue weighted by Crippen LogP contribution is -2.58. The summed E-state index contributed by atoms with van der Waals surface area (Å²) in [6.45, 7) is 3.07. The monoisotopic (exact) mass is 310 g/mol. The summed E-state index contributed by atoms with van der Waals surface area (Å²) in [5.74, 6) is -3.12. The van der Waals surface area contributed by atoms with Gasteiger partial charge in [-0.1, -0.05) is 13.3 Å². The number of rotatable bonds is 4. The second kappa shape index (κ2) is 6.42. The minimum Gasteiger partial charge on any atom is -0.459 e. The normalized spacial score (nSPS) is 22.2. The molecular weight excluding hydrogens is 293 g/mol. The fourth-order valence-electron chi connectivity index (χ4n) is 1.85. The van der Waals surface area contributed by atoms with Gasteiger partial charge in [-0.3, -0.25) is 4.79 Å². The summed E-state index contributed by atoms with van der Waals surface area (Å²) < 4.78 is 43.5. The van der Waals surface area contributed by atoms with E-state index in [0.717, 1.165) is 6.42 Å². The highest BCUT2D eigenvalue weighted by atomic mass is 19.4. The summed E-state index contributed by atoms with van der Waals surface area (Å²) in [5.41, 5.74) is -3.48. The number of hydrogen-bond acceptors (Lipinski definition) is 5. The minimum absolute atomic E-state index is 0.0225. The van der Waals surface area contributed by atoms with Crippen LogP contribution in [0.5, 0.6) is 0 Å². The van der Waals surface area contributed by atoms with Gasteiger partial charge in [-0.25, -0.2) is 4.79 Å². The predicted molar refractivity (Wildman–Crippen MR) is 66.1 cm³/mol. The Morgan fingerprint density at radius 1 is 1.43 bits per heavy atom. The van der Waals surface area contributed by atoms with Gasteiger partial charge in [-0.2, -0.15) is 23.3 Å². The average molecular weight is 310 g/mol. The lowest BCUT2D eigenvalue weighted by atomic mass is 10.0. The summed E-state index contributed by atoms with van der Waals surface area (Å²) in [5, 5.41) is 13.1. The number of alkyl halides is 3. The van der Waals surface area contributed by atoms with Gasteiger partial charge in [0.05, 0.1) is 6.61 Å². The van der Waals surface area contributed by atoms with E-state index in [1.807, 2.05) is 6.92 Å². The van der Waals surface area contributed by atoms with Crippen molar-refractivity contribution >= 4 is 17.6 Å². The summed E-state index contributed by atoms with van der Waals surface area (Å²) >= 11 is 0. The Hall–Kier alpha value is -1.64. The maximum Gasteiger partial charge on any atom is 0.438 e. The van der Waals surface area contributed by atoms with Gasteiger partial charge in [-0.15, -0.1) is 0 Å². The minimum atomic E-state index is -5.13. The van der Waals surface area contributed by atoms with Crippen molar-refractivity contribution in [2.75, 3.05) is 6.61 Å². The Bertz CT molecular complexity index is 450. The zero-order chi connectivity index (χ0) is 16.3.